The molecule has 0 bridgehead atoms. The van der Waals surface area contributed by atoms with Crippen molar-refractivity contribution in [3.05, 3.63) is 0 Å². The van der Waals surface area contributed by atoms with Gasteiger partial charge in [-0.15, -0.1) is 0 Å². The van der Waals surface area contributed by atoms with Gasteiger partial charge in [-0.2, -0.15) is 0 Å². The summed E-state index contributed by atoms with van der Waals surface area (Å²) in [6, 6.07) is 0. The average molecular weight is 255 g/mol. The van der Waals surface area contributed by atoms with Gasteiger partial charge in [0.1, 0.15) is 0 Å². The molecule has 1 aliphatic rings. The first kappa shape index (κ1) is 16.0. The lowest BCUT2D eigenvalue weighted by molar-refractivity contribution is -0.0761. The van der Waals surface area contributed by atoms with E-state index in [1.807, 2.05) is 0 Å². The largest absolute Gasteiger partial charge is 0.374 e. The molecular weight excluding hydrogens is 222 g/mol. The van der Waals surface area contributed by atoms with Crippen molar-refractivity contribution in [2.75, 3.05) is 19.7 Å². The highest BCUT2D eigenvalue weighted by molar-refractivity contribution is 4.88. The molecule has 1 saturated carbocycles. The zero-order chi connectivity index (χ0) is 13.3. The fraction of sp³-hybridized carbons (Fsp3) is 1.00. The number of unbranched alkanes of at least 4 members (excludes halogenated alkanes) is 2. The Kier molecular flexibility index (Phi) is 7.92. The van der Waals surface area contributed by atoms with Crippen LogP contribution in [0.25, 0.3) is 0 Å². The number of hydrogen-bond donors (Lipinski definition) is 1. The molecule has 1 rings (SSSR count). The molecule has 2 nitrogen and oxygen atoms in total. The molecule has 0 unspecified atom stereocenters. The predicted octanol–water partition coefficient (Wildman–Crippen LogP) is 4.14. The van der Waals surface area contributed by atoms with Crippen molar-refractivity contribution in [3.63, 3.8) is 0 Å². The van der Waals surface area contributed by atoms with Crippen molar-refractivity contribution in [2.45, 2.75) is 77.7 Å². The minimum absolute atomic E-state index is 0.148. The summed E-state index contributed by atoms with van der Waals surface area (Å²) >= 11 is 0. The van der Waals surface area contributed by atoms with Gasteiger partial charge in [-0.3, -0.25) is 0 Å². The Morgan fingerprint density at radius 3 is 2.44 bits per heavy atom. The summed E-state index contributed by atoms with van der Waals surface area (Å²) in [6.07, 6.45) is 10.2. The minimum Gasteiger partial charge on any atom is -0.374 e. The van der Waals surface area contributed by atoms with Crippen LogP contribution in [0.3, 0.4) is 0 Å². The normalized spacial score (nSPS) is 28.5. The highest BCUT2D eigenvalue weighted by Crippen LogP contribution is 2.34. The molecule has 0 atom stereocenters. The third-order valence-electron chi connectivity index (χ3n) is 4.22. The highest BCUT2D eigenvalue weighted by Gasteiger charge is 2.34. The van der Waals surface area contributed by atoms with Crippen molar-refractivity contribution in [2.24, 2.45) is 5.92 Å². The molecule has 0 aromatic carbocycles. The van der Waals surface area contributed by atoms with E-state index in [2.05, 4.69) is 26.1 Å². The molecule has 0 saturated heterocycles. The summed E-state index contributed by atoms with van der Waals surface area (Å²) in [4.78, 5) is 0. The van der Waals surface area contributed by atoms with Crippen LogP contribution in [0.4, 0.5) is 0 Å². The van der Waals surface area contributed by atoms with Crippen molar-refractivity contribution in [3.8, 4) is 0 Å². The quantitative estimate of drug-likeness (QED) is 0.625. The van der Waals surface area contributed by atoms with E-state index in [9.17, 15) is 0 Å². The van der Waals surface area contributed by atoms with Gasteiger partial charge in [0.15, 0.2) is 0 Å². The summed E-state index contributed by atoms with van der Waals surface area (Å²) in [7, 11) is 0. The molecule has 0 spiro atoms. The maximum absolute atomic E-state index is 6.31. The Hall–Kier alpha value is -0.0800. The highest BCUT2D eigenvalue weighted by atomic mass is 16.5. The minimum atomic E-state index is 0.148. The molecule has 1 N–H and O–H groups in total. The first-order valence-corrected chi connectivity index (χ1v) is 8.07. The van der Waals surface area contributed by atoms with Crippen LogP contribution in [0, 0.1) is 5.92 Å². The second-order valence-electron chi connectivity index (χ2n) is 6.10. The Labute approximate surface area is 114 Å². The molecule has 1 aliphatic carbocycles. The second kappa shape index (κ2) is 8.92. The second-order valence-corrected chi connectivity index (χ2v) is 6.10. The number of nitrogens with one attached hydrogen (secondary N) is 1. The maximum Gasteiger partial charge on any atom is 0.0806 e. The van der Waals surface area contributed by atoms with E-state index in [0.717, 1.165) is 25.6 Å². The van der Waals surface area contributed by atoms with E-state index >= 15 is 0 Å². The van der Waals surface area contributed by atoms with Crippen LogP contribution < -0.4 is 5.32 Å². The Morgan fingerprint density at radius 1 is 1.11 bits per heavy atom. The van der Waals surface area contributed by atoms with Crippen LogP contribution in [0.1, 0.15) is 72.1 Å². The van der Waals surface area contributed by atoms with Crippen LogP contribution in [-0.2, 0) is 4.74 Å². The van der Waals surface area contributed by atoms with E-state index in [-0.39, 0.29) is 5.60 Å². The zero-order valence-electron chi connectivity index (χ0n) is 12.8. The van der Waals surface area contributed by atoms with E-state index in [1.165, 1.54) is 51.4 Å². The van der Waals surface area contributed by atoms with Crippen LogP contribution in [0.15, 0.2) is 0 Å². The third-order valence-corrected chi connectivity index (χ3v) is 4.22. The fourth-order valence-electron chi connectivity index (χ4n) is 2.79. The SMILES string of the molecule is CCCCCOC1(CNCCC)CCC(C)CC1. The smallest absolute Gasteiger partial charge is 0.0806 e. The standard InChI is InChI=1S/C16H33NO/c1-4-6-7-13-18-16(14-17-12-5-2)10-8-15(3)9-11-16/h15,17H,4-14H2,1-3H3. The molecule has 2 heteroatoms. The molecule has 108 valence electrons. The Bertz CT molecular complexity index is 197. The number of ether oxygens (including phenoxy) is 1. The molecule has 0 aromatic rings. The Balaban J connectivity index is 2.35. The van der Waals surface area contributed by atoms with Crippen molar-refractivity contribution >= 4 is 0 Å². The van der Waals surface area contributed by atoms with Crippen molar-refractivity contribution < 1.29 is 4.74 Å². The first-order chi connectivity index (χ1) is 8.72. The van der Waals surface area contributed by atoms with E-state index in [4.69, 9.17) is 4.74 Å². The van der Waals surface area contributed by atoms with Gasteiger partial charge < -0.3 is 10.1 Å². The van der Waals surface area contributed by atoms with E-state index in [1.54, 1.807) is 0 Å². The monoisotopic (exact) mass is 255 g/mol. The predicted molar refractivity (Wildman–Crippen MR) is 79.0 cm³/mol. The van der Waals surface area contributed by atoms with Gasteiger partial charge in [-0.1, -0.05) is 33.6 Å². The van der Waals surface area contributed by atoms with Crippen LogP contribution in [0.2, 0.25) is 0 Å². The van der Waals surface area contributed by atoms with Crippen molar-refractivity contribution in [1.82, 2.24) is 5.32 Å². The summed E-state index contributed by atoms with van der Waals surface area (Å²) in [5.74, 6) is 0.892. The topological polar surface area (TPSA) is 21.3 Å². The van der Waals surface area contributed by atoms with Gasteiger partial charge in [0, 0.05) is 13.2 Å². The third kappa shape index (κ3) is 5.71. The summed E-state index contributed by atoms with van der Waals surface area (Å²) < 4.78 is 6.31. The Morgan fingerprint density at radius 2 is 1.83 bits per heavy atom. The lowest BCUT2D eigenvalue weighted by atomic mass is 9.79. The van der Waals surface area contributed by atoms with E-state index < -0.39 is 0 Å². The van der Waals surface area contributed by atoms with E-state index in [0.29, 0.717) is 0 Å². The molecule has 0 amide bonds. The van der Waals surface area contributed by atoms with Gasteiger partial charge in [-0.05, 0) is 51.0 Å². The van der Waals surface area contributed by atoms with Gasteiger partial charge >= 0.3 is 0 Å². The van der Waals surface area contributed by atoms with Gasteiger partial charge in [0.2, 0.25) is 0 Å². The van der Waals surface area contributed by atoms with Gasteiger partial charge in [0.05, 0.1) is 5.60 Å². The van der Waals surface area contributed by atoms with Crippen LogP contribution >= 0.6 is 0 Å². The number of hydrogen-bond acceptors (Lipinski definition) is 2. The zero-order valence-corrected chi connectivity index (χ0v) is 12.8. The number of rotatable bonds is 9. The molecule has 0 aliphatic heterocycles. The van der Waals surface area contributed by atoms with Gasteiger partial charge in [0.25, 0.3) is 0 Å². The molecule has 0 radical (unpaired) electrons. The van der Waals surface area contributed by atoms with Crippen molar-refractivity contribution in [1.29, 1.82) is 0 Å². The molecule has 0 heterocycles. The van der Waals surface area contributed by atoms with Gasteiger partial charge in [-0.25, -0.2) is 0 Å². The summed E-state index contributed by atoms with van der Waals surface area (Å²) in [5, 5.41) is 3.58. The molecule has 1 fully saturated rings. The van der Waals surface area contributed by atoms with Crippen LogP contribution in [0.5, 0.6) is 0 Å². The lowest BCUT2D eigenvalue weighted by Crippen LogP contribution is -2.46. The lowest BCUT2D eigenvalue weighted by Gasteiger charge is -2.39. The first-order valence-electron chi connectivity index (χ1n) is 8.07. The van der Waals surface area contributed by atoms with Crippen LogP contribution in [-0.4, -0.2) is 25.3 Å². The molecule has 18 heavy (non-hydrogen) atoms. The maximum atomic E-state index is 6.31. The summed E-state index contributed by atoms with van der Waals surface area (Å²) in [5.41, 5.74) is 0.148. The summed E-state index contributed by atoms with van der Waals surface area (Å²) in [6.45, 7) is 9.98. The average Bonchev–Trinajstić information content (AvgIpc) is 2.39. The fourth-order valence-corrected chi connectivity index (χ4v) is 2.79. The molecular formula is C16H33NO. The molecule has 0 aromatic heterocycles.